The Morgan fingerprint density at radius 2 is 2.09 bits per heavy atom. The van der Waals surface area contributed by atoms with E-state index in [0.717, 1.165) is 38.8 Å². The van der Waals surface area contributed by atoms with Gasteiger partial charge < -0.3 is 9.80 Å². The van der Waals surface area contributed by atoms with Gasteiger partial charge in [0.05, 0.1) is 11.6 Å². The number of hydrogen-bond donors (Lipinski definition) is 0. The van der Waals surface area contributed by atoms with E-state index in [1.54, 1.807) is 19.2 Å². The number of nitrogens with zero attached hydrogens (tertiary/aromatic N) is 3. The second-order valence-electron chi connectivity index (χ2n) is 6.50. The molecule has 2 saturated heterocycles. The molecule has 3 rings (SSSR count). The lowest BCUT2D eigenvalue weighted by molar-refractivity contribution is -0.143. The SMILES string of the molecule is CC(=O)N1CCC[C@H]2N(C(=O)c3ccccn3)CCC[C@@]21C. The van der Waals surface area contributed by atoms with Crippen molar-refractivity contribution in [1.29, 1.82) is 0 Å². The van der Waals surface area contributed by atoms with E-state index in [2.05, 4.69) is 11.9 Å². The Morgan fingerprint density at radius 1 is 1.27 bits per heavy atom. The van der Waals surface area contributed by atoms with Crippen LogP contribution in [0.3, 0.4) is 0 Å². The molecule has 2 aliphatic heterocycles. The van der Waals surface area contributed by atoms with Crippen molar-refractivity contribution in [1.82, 2.24) is 14.8 Å². The van der Waals surface area contributed by atoms with Gasteiger partial charge >= 0.3 is 0 Å². The van der Waals surface area contributed by atoms with Crippen molar-refractivity contribution in [3.63, 3.8) is 0 Å². The molecule has 1 aromatic rings. The van der Waals surface area contributed by atoms with Crippen molar-refractivity contribution in [3.8, 4) is 0 Å². The summed E-state index contributed by atoms with van der Waals surface area (Å²) in [6.45, 7) is 5.32. The number of carbonyl (C=O) groups is 2. The second-order valence-corrected chi connectivity index (χ2v) is 6.50. The molecule has 0 saturated carbocycles. The summed E-state index contributed by atoms with van der Waals surface area (Å²) < 4.78 is 0. The van der Waals surface area contributed by atoms with Crippen molar-refractivity contribution >= 4 is 11.8 Å². The fraction of sp³-hybridized carbons (Fsp3) is 0.588. The van der Waals surface area contributed by atoms with Crippen LogP contribution in [0, 0.1) is 0 Å². The Labute approximate surface area is 131 Å². The monoisotopic (exact) mass is 301 g/mol. The van der Waals surface area contributed by atoms with Gasteiger partial charge in [-0.15, -0.1) is 0 Å². The summed E-state index contributed by atoms with van der Waals surface area (Å²) in [5.74, 6) is 0.0984. The molecule has 0 N–H and O–H groups in total. The van der Waals surface area contributed by atoms with Crippen LogP contribution in [0.2, 0.25) is 0 Å². The molecule has 2 fully saturated rings. The van der Waals surface area contributed by atoms with Gasteiger partial charge in [-0.1, -0.05) is 6.07 Å². The van der Waals surface area contributed by atoms with Gasteiger partial charge in [0.1, 0.15) is 5.69 Å². The number of rotatable bonds is 1. The van der Waals surface area contributed by atoms with Gasteiger partial charge in [-0.05, 0) is 44.7 Å². The van der Waals surface area contributed by atoms with E-state index in [0.29, 0.717) is 5.69 Å². The van der Waals surface area contributed by atoms with Crippen molar-refractivity contribution in [2.24, 2.45) is 0 Å². The third-order valence-corrected chi connectivity index (χ3v) is 5.18. The minimum Gasteiger partial charge on any atom is -0.335 e. The lowest BCUT2D eigenvalue weighted by atomic mass is 9.76. The van der Waals surface area contributed by atoms with Crippen molar-refractivity contribution < 1.29 is 9.59 Å². The van der Waals surface area contributed by atoms with E-state index in [9.17, 15) is 9.59 Å². The van der Waals surface area contributed by atoms with Crippen LogP contribution in [0.15, 0.2) is 24.4 Å². The third kappa shape index (κ3) is 2.38. The van der Waals surface area contributed by atoms with Crippen LogP contribution >= 0.6 is 0 Å². The van der Waals surface area contributed by atoms with Gasteiger partial charge in [-0.2, -0.15) is 0 Å². The first-order valence-corrected chi connectivity index (χ1v) is 8.04. The highest BCUT2D eigenvalue weighted by Gasteiger charge is 2.49. The van der Waals surface area contributed by atoms with E-state index in [-0.39, 0.29) is 23.4 Å². The van der Waals surface area contributed by atoms with Gasteiger partial charge in [0.2, 0.25) is 5.91 Å². The summed E-state index contributed by atoms with van der Waals surface area (Å²) in [5.41, 5.74) is 0.249. The summed E-state index contributed by atoms with van der Waals surface area (Å²) in [6.07, 6.45) is 5.45. The number of pyridine rings is 1. The highest BCUT2D eigenvalue weighted by molar-refractivity contribution is 5.92. The molecule has 0 unspecified atom stereocenters. The first kappa shape index (κ1) is 15.0. The van der Waals surface area contributed by atoms with Gasteiger partial charge in [0, 0.05) is 26.2 Å². The fourth-order valence-electron chi connectivity index (χ4n) is 4.14. The molecule has 5 heteroatoms. The minimum atomic E-state index is -0.243. The summed E-state index contributed by atoms with van der Waals surface area (Å²) in [4.78, 5) is 33.0. The van der Waals surface area contributed by atoms with Crippen LogP contribution in [-0.2, 0) is 4.79 Å². The topological polar surface area (TPSA) is 53.5 Å². The standard InChI is InChI=1S/C17H23N3O2/c1-13(21)20-12-5-8-15-17(20,2)9-6-11-19(15)16(22)14-7-3-4-10-18-14/h3-4,7,10,15H,5-6,8-9,11-12H2,1-2H3/t15-,17+/m1/s1. The lowest BCUT2D eigenvalue weighted by Gasteiger charge is -2.56. The highest BCUT2D eigenvalue weighted by atomic mass is 16.2. The molecule has 2 aliphatic rings. The maximum atomic E-state index is 12.8. The van der Waals surface area contributed by atoms with Crippen LogP contribution in [0.1, 0.15) is 50.0 Å². The third-order valence-electron chi connectivity index (χ3n) is 5.18. The molecule has 22 heavy (non-hydrogen) atoms. The van der Waals surface area contributed by atoms with Crippen molar-refractivity contribution in [2.45, 2.75) is 51.1 Å². The summed E-state index contributed by atoms with van der Waals surface area (Å²) in [5, 5.41) is 0. The van der Waals surface area contributed by atoms with Crippen LogP contribution in [0.25, 0.3) is 0 Å². The largest absolute Gasteiger partial charge is 0.335 e. The quantitative estimate of drug-likeness (QED) is 0.798. The number of fused-ring (bicyclic) bond motifs is 1. The molecule has 118 valence electrons. The molecule has 0 aliphatic carbocycles. The molecule has 0 spiro atoms. The zero-order valence-corrected chi connectivity index (χ0v) is 13.3. The minimum absolute atomic E-state index is 0.0121. The zero-order chi connectivity index (χ0) is 15.7. The number of carbonyl (C=O) groups excluding carboxylic acids is 2. The molecule has 0 radical (unpaired) electrons. The van der Waals surface area contributed by atoms with Gasteiger partial charge in [0.25, 0.3) is 5.91 Å². The highest BCUT2D eigenvalue weighted by Crippen LogP contribution is 2.39. The number of aromatic nitrogens is 1. The molecule has 2 amide bonds. The van der Waals surface area contributed by atoms with Gasteiger partial charge in [0.15, 0.2) is 0 Å². The Morgan fingerprint density at radius 3 is 2.77 bits per heavy atom. The fourth-order valence-corrected chi connectivity index (χ4v) is 4.14. The Hall–Kier alpha value is -1.91. The molecular weight excluding hydrogens is 278 g/mol. The lowest BCUT2D eigenvalue weighted by Crippen LogP contribution is -2.68. The summed E-state index contributed by atoms with van der Waals surface area (Å²) in [7, 11) is 0. The van der Waals surface area contributed by atoms with Crippen LogP contribution < -0.4 is 0 Å². The van der Waals surface area contributed by atoms with Gasteiger partial charge in [-0.25, -0.2) is 0 Å². The molecule has 5 nitrogen and oxygen atoms in total. The van der Waals surface area contributed by atoms with E-state index in [1.165, 1.54) is 0 Å². The Bertz CT molecular complexity index is 575. The van der Waals surface area contributed by atoms with Crippen LogP contribution in [0.5, 0.6) is 0 Å². The van der Waals surface area contributed by atoms with E-state index in [4.69, 9.17) is 0 Å². The predicted octanol–water partition coefficient (Wildman–Crippen LogP) is 2.09. The van der Waals surface area contributed by atoms with Crippen molar-refractivity contribution in [2.75, 3.05) is 13.1 Å². The maximum absolute atomic E-state index is 12.8. The Kier molecular flexibility index (Phi) is 3.89. The van der Waals surface area contributed by atoms with Crippen LogP contribution in [0.4, 0.5) is 0 Å². The molecular formula is C17H23N3O2. The normalized spacial score (nSPS) is 28.2. The van der Waals surface area contributed by atoms with E-state index in [1.807, 2.05) is 21.9 Å². The molecule has 1 aromatic heterocycles. The average molecular weight is 301 g/mol. The average Bonchev–Trinajstić information content (AvgIpc) is 2.53. The first-order chi connectivity index (χ1) is 10.5. The number of amides is 2. The summed E-state index contributed by atoms with van der Waals surface area (Å²) >= 11 is 0. The smallest absolute Gasteiger partial charge is 0.272 e. The molecule has 0 bridgehead atoms. The van der Waals surface area contributed by atoms with Crippen molar-refractivity contribution in [3.05, 3.63) is 30.1 Å². The number of hydrogen-bond acceptors (Lipinski definition) is 3. The number of piperidine rings is 2. The molecule has 2 atom stereocenters. The molecule has 3 heterocycles. The Balaban J connectivity index is 1.90. The number of likely N-dealkylation sites (tertiary alicyclic amines) is 2. The van der Waals surface area contributed by atoms with Gasteiger partial charge in [-0.3, -0.25) is 14.6 Å². The van der Waals surface area contributed by atoms with Crippen LogP contribution in [-0.4, -0.2) is 51.3 Å². The maximum Gasteiger partial charge on any atom is 0.272 e. The molecule has 0 aromatic carbocycles. The summed E-state index contributed by atoms with van der Waals surface area (Å²) in [6, 6.07) is 5.51. The predicted molar refractivity (Wildman–Crippen MR) is 83.3 cm³/mol. The van der Waals surface area contributed by atoms with E-state index < -0.39 is 0 Å². The first-order valence-electron chi connectivity index (χ1n) is 8.04. The zero-order valence-electron chi connectivity index (χ0n) is 13.3. The second kappa shape index (κ2) is 5.71. The van der Waals surface area contributed by atoms with E-state index >= 15 is 0 Å².